The maximum absolute atomic E-state index is 12.1. The summed E-state index contributed by atoms with van der Waals surface area (Å²) in [7, 11) is 0. The molecule has 1 aromatic rings. The summed E-state index contributed by atoms with van der Waals surface area (Å²) in [6, 6.07) is -0.407. The number of aromatic amines is 1. The second-order valence-corrected chi connectivity index (χ2v) is 6.86. The van der Waals surface area contributed by atoms with E-state index >= 15 is 0 Å². The molecule has 8 heteroatoms. The number of ether oxygens (including phenoxy) is 1. The van der Waals surface area contributed by atoms with Gasteiger partial charge >= 0.3 is 5.69 Å². The second-order valence-electron chi connectivity index (χ2n) is 6.86. The number of aliphatic hydroxyl groups is 1. The van der Waals surface area contributed by atoms with Crippen molar-refractivity contribution < 1.29 is 14.6 Å². The smallest absolute Gasteiger partial charge is 0.330 e. The fraction of sp³-hybridized carbons (Fsp3) is 0.667. The molecule has 3 atom stereocenters. The monoisotopic (exact) mass is 325 g/mol. The molecule has 0 bridgehead atoms. The first-order valence-electron chi connectivity index (χ1n) is 7.53. The lowest BCUT2D eigenvalue weighted by molar-refractivity contribution is -0.129. The Balaban J connectivity index is 2.22. The number of aliphatic hydroxyl groups excluding tert-OH is 1. The first-order chi connectivity index (χ1) is 10.6. The van der Waals surface area contributed by atoms with E-state index in [-0.39, 0.29) is 12.5 Å². The molecular formula is C15H23N3O5. The minimum atomic E-state index is -0.652. The Kier molecular flexibility index (Phi) is 4.76. The summed E-state index contributed by atoms with van der Waals surface area (Å²) in [5.74, 6) is -0.157. The van der Waals surface area contributed by atoms with Gasteiger partial charge in [0.25, 0.3) is 5.56 Å². The van der Waals surface area contributed by atoms with Crippen LogP contribution in [0, 0.1) is 12.3 Å². The van der Waals surface area contributed by atoms with Crippen molar-refractivity contribution in [2.24, 2.45) is 5.41 Å². The number of aromatic nitrogens is 2. The zero-order valence-electron chi connectivity index (χ0n) is 13.8. The van der Waals surface area contributed by atoms with Crippen LogP contribution in [0.15, 0.2) is 15.8 Å². The van der Waals surface area contributed by atoms with Crippen molar-refractivity contribution in [2.75, 3.05) is 6.61 Å². The normalized spacial score (nSPS) is 24.7. The number of hydrogen-bond acceptors (Lipinski definition) is 5. The topological polar surface area (TPSA) is 113 Å². The van der Waals surface area contributed by atoms with E-state index in [1.807, 2.05) is 0 Å². The minimum Gasteiger partial charge on any atom is -0.394 e. The third kappa shape index (κ3) is 3.70. The molecule has 0 unspecified atom stereocenters. The number of amides is 1. The molecule has 2 heterocycles. The van der Waals surface area contributed by atoms with Gasteiger partial charge in [-0.15, -0.1) is 0 Å². The zero-order chi connectivity index (χ0) is 17.4. The fourth-order valence-corrected chi connectivity index (χ4v) is 2.41. The first kappa shape index (κ1) is 17.4. The standard InChI is InChI=1S/C15H23N3O5/c1-8-6-18(14(22)17-12(8)20)11-5-9(10(7-19)23-11)16-13(21)15(2,3)4/h6,9-11,19H,5,7H2,1-4H3,(H,16,21)(H,17,20,22)/t9-,10-,11-/m0/s1. The number of carbonyl (C=O) groups is 1. The largest absolute Gasteiger partial charge is 0.394 e. The van der Waals surface area contributed by atoms with Gasteiger partial charge in [0.15, 0.2) is 0 Å². The van der Waals surface area contributed by atoms with Crippen molar-refractivity contribution in [3.8, 4) is 0 Å². The SMILES string of the molecule is Cc1cn([C@@H]2C[C@H](NC(=O)C(C)(C)C)[C@H](CO)O2)c(=O)[nH]c1=O. The number of aryl methyl sites for hydroxylation is 1. The number of nitrogens with one attached hydrogen (secondary N) is 2. The van der Waals surface area contributed by atoms with Gasteiger partial charge in [-0.25, -0.2) is 4.79 Å². The summed E-state index contributed by atoms with van der Waals surface area (Å²) in [4.78, 5) is 37.7. The van der Waals surface area contributed by atoms with Gasteiger partial charge in [-0.05, 0) is 6.92 Å². The third-order valence-corrected chi connectivity index (χ3v) is 3.87. The zero-order valence-corrected chi connectivity index (χ0v) is 13.8. The van der Waals surface area contributed by atoms with E-state index in [4.69, 9.17) is 4.74 Å². The van der Waals surface area contributed by atoms with Gasteiger partial charge in [0.1, 0.15) is 12.3 Å². The Morgan fingerprint density at radius 2 is 2.13 bits per heavy atom. The van der Waals surface area contributed by atoms with E-state index in [0.717, 1.165) is 0 Å². The molecule has 1 amide bonds. The molecule has 1 aromatic heterocycles. The first-order valence-corrected chi connectivity index (χ1v) is 7.53. The van der Waals surface area contributed by atoms with E-state index in [2.05, 4.69) is 10.3 Å². The molecule has 1 fully saturated rings. The molecule has 1 aliphatic rings. The molecule has 0 spiro atoms. The predicted molar refractivity (Wildman–Crippen MR) is 83.1 cm³/mol. The van der Waals surface area contributed by atoms with Crippen LogP contribution in [-0.4, -0.2) is 39.3 Å². The van der Waals surface area contributed by atoms with Crippen LogP contribution in [0.5, 0.6) is 0 Å². The summed E-state index contributed by atoms with van der Waals surface area (Å²) in [5.41, 5.74) is -1.20. The molecular weight excluding hydrogens is 302 g/mol. The number of carbonyl (C=O) groups excluding carboxylic acids is 1. The average molecular weight is 325 g/mol. The van der Waals surface area contributed by atoms with Gasteiger partial charge in [-0.2, -0.15) is 0 Å². The Morgan fingerprint density at radius 1 is 1.48 bits per heavy atom. The van der Waals surface area contributed by atoms with Crippen LogP contribution in [0.25, 0.3) is 0 Å². The summed E-state index contributed by atoms with van der Waals surface area (Å²) < 4.78 is 6.96. The maximum Gasteiger partial charge on any atom is 0.330 e. The summed E-state index contributed by atoms with van der Waals surface area (Å²) in [5, 5.41) is 12.3. The second kappa shape index (κ2) is 6.29. The lowest BCUT2D eigenvalue weighted by Gasteiger charge is -2.23. The van der Waals surface area contributed by atoms with Crippen LogP contribution in [0.1, 0.15) is 39.0 Å². The lowest BCUT2D eigenvalue weighted by atomic mass is 9.94. The van der Waals surface area contributed by atoms with Crippen molar-refractivity contribution in [1.82, 2.24) is 14.9 Å². The highest BCUT2D eigenvalue weighted by atomic mass is 16.5. The number of H-pyrrole nitrogens is 1. The number of nitrogens with zero attached hydrogens (tertiary/aromatic N) is 1. The van der Waals surface area contributed by atoms with E-state index in [0.29, 0.717) is 12.0 Å². The molecule has 0 aromatic carbocycles. The Hall–Kier alpha value is -1.93. The Morgan fingerprint density at radius 3 is 2.70 bits per heavy atom. The summed E-state index contributed by atoms with van der Waals surface area (Å²) in [6.45, 7) is 6.69. The molecule has 1 aliphatic heterocycles. The fourth-order valence-electron chi connectivity index (χ4n) is 2.41. The van der Waals surface area contributed by atoms with Crippen LogP contribution in [0.4, 0.5) is 0 Å². The highest BCUT2D eigenvalue weighted by Crippen LogP contribution is 2.28. The highest BCUT2D eigenvalue weighted by Gasteiger charge is 2.38. The molecule has 0 radical (unpaired) electrons. The van der Waals surface area contributed by atoms with Crippen LogP contribution in [0.3, 0.4) is 0 Å². The molecule has 128 valence electrons. The molecule has 0 aliphatic carbocycles. The van der Waals surface area contributed by atoms with Gasteiger partial charge in [0.05, 0.1) is 12.6 Å². The van der Waals surface area contributed by atoms with Crippen molar-refractivity contribution in [3.05, 3.63) is 32.6 Å². The van der Waals surface area contributed by atoms with Crippen molar-refractivity contribution in [2.45, 2.75) is 52.5 Å². The molecule has 23 heavy (non-hydrogen) atoms. The molecule has 2 rings (SSSR count). The summed E-state index contributed by atoms with van der Waals surface area (Å²) >= 11 is 0. The number of hydrogen-bond donors (Lipinski definition) is 3. The van der Waals surface area contributed by atoms with E-state index in [9.17, 15) is 19.5 Å². The van der Waals surface area contributed by atoms with Gasteiger partial charge in [-0.3, -0.25) is 19.1 Å². The summed E-state index contributed by atoms with van der Waals surface area (Å²) in [6.07, 6.45) is 0.498. The van der Waals surface area contributed by atoms with E-state index < -0.39 is 35.0 Å². The van der Waals surface area contributed by atoms with Crippen molar-refractivity contribution >= 4 is 5.91 Å². The number of rotatable bonds is 3. The Bertz CT molecular complexity index is 700. The van der Waals surface area contributed by atoms with Gasteiger partial charge in [0, 0.05) is 23.6 Å². The van der Waals surface area contributed by atoms with Crippen LogP contribution < -0.4 is 16.6 Å². The molecule has 0 saturated carbocycles. The van der Waals surface area contributed by atoms with E-state index in [1.165, 1.54) is 10.8 Å². The van der Waals surface area contributed by atoms with Crippen LogP contribution >= 0.6 is 0 Å². The van der Waals surface area contributed by atoms with Gasteiger partial charge < -0.3 is 15.2 Å². The maximum atomic E-state index is 12.1. The quantitative estimate of drug-likeness (QED) is 0.703. The molecule has 3 N–H and O–H groups in total. The minimum absolute atomic E-state index is 0.157. The van der Waals surface area contributed by atoms with Crippen molar-refractivity contribution in [1.29, 1.82) is 0 Å². The van der Waals surface area contributed by atoms with Gasteiger partial charge in [-0.1, -0.05) is 20.8 Å². The highest BCUT2D eigenvalue weighted by molar-refractivity contribution is 5.81. The van der Waals surface area contributed by atoms with Crippen molar-refractivity contribution in [3.63, 3.8) is 0 Å². The lowest BCUT2D eigenvalue weighted by Crippen LogP contribution is -2.46. The predicted octanol–water partition coefficient (Wildman–Crippen LogP) is -0.344. The van der Waals surface area contributed by atoms with Crippen LogP contribution in [-0.2, 0) is 9.53 Å². The van der Waals surface area contributed by atoms with E-state index in [1.54, 1.807) is 27.7 Å². The third-order valence-electron chi connectivity index (χ3n) is 3.87. The average Bonchev–Trinajstić information content (AvgIpc) is 2.84. The molecule has 1 saturated heterocycles. The van der Waals surface area contributed by atoms with Gasteiger partial charge in [0.2, 0.25) is 5.91 Å². The van der Waals surface area contributed by atoms with Crippen LogP contribution in [0.2, 0.25) is 0 Å². The molecule has 8 nitrogen and oxygen atoms in total. The Labute approximate surface area is 133 Å².